The number of piperidine rings is 1. The minimum absolute atomic E-state index is 0.0721. The van der Waals surface area contributed by atoms with E-state index in [0.29, 0.717) is 31.6 Å². The molecule has 2 saturated heterocycles. The molecule has 2 amide bonds. The highest BCUT2D eigenvalue weighted by molar-refractivity contribution is 6.05. The summed E-state index contributed by atoms with van der Waals surface area (Å²) in [6.45, 7) is 7.11. The van der Waals surface area contributed by atoms with E-state index < -0.39 is 0 Å². The van der Waals surface area contributed by atoms with Gasteiger partial charge in [-0.05, 0) is 60.3 Å². The van der Waals surface area contributed by atoms with Crippen LogP contribution in [-0.4, -0.2) is 88.5 Å². The molecule has 8 heteroatoms. The second-order valence-corrected chi connectivity index (χ2v) is 10.3. The van der Waals surface area contributed by atoms with Crippen LogP contribution in [0, 0.1) is 5.41 Å². The van der Waals surface area contributed by atoms with Gasteiger partial charge in [-0.3, -0.25) is 14.5 Å². The number of phenols is 1. The Morgan fingerprint density at radius 1 is 0.972 bits per heavy atom. The first kappa shape index (κ1) is 24.5. The Bertz CT molecular complexity index is 1170. The van der Waals surface area contributed by atoms with Crippen molar-refractivity contribution in [1.82, 2.24) is 19.6 Å². The zero-order valence-electron chi connectivity index (χ0n) is 21.0. The Labute approximate surface area is 212 Å². The Morgan fingerprint density at radius 2 is 1.75 bits per heavy atom. The summed E-state index contributed by atoms with van der Waals surface area (Å²) >= 11 is 0. The summed E-state index contributed by atoms with van der Waals surface area (Å²) in [5, 5.41) is 19.0. The summed E-state index contributed by atoms with van der Waals surface area (Å²) in [6.07, 6.45) is 2.38. The first-order valence-electron chi connectivity index (χ1n) is 12.9. The van der Waals surface area contributed by atoms with Gasteiger partial charge in [0.2, 0.25) is 5.91 Å². The Kier molecular flexibility index (Phi) is 7.07. The maximum absolute atomic E-state index is 13.4. The number of benzene rings is 2. The molecule has 2 aromatic carbocycles. The molecule has 0 unspecified atom stereocenters. The van der Waals surface area contributed by atoms with Crippen molar-refractivity contribution in [2.75, 3.05) is 46.3 Å². The maximum Gasteiger partial charge on any atom is 0.258 e. The van der Waals surface area contributed by atoms with Gasteiger partial charge in [0.05, 0.1) is 17.8 Å². The second kappa shape index (κ2) is 10.4. The van der Waals surface area contributed by atoms with Crippen molar-refractivity contribution in [1.29, 1.82) is 5.41 Å². The molecule has 0 saturated carbocycles. The number of hydrogen-bond donors (Lipinski definition) is 2. The number of rotatable bonds is 6. The molecule has 0 radical (unpaired) electrons. The third kappa shape index (κ3) is 5.29. The quantitative estimate of drug-likeness (QED) is 0.609. The predicted octanol–water partition coefficient (Wildman–Crippen LogP) is 2.68. The topological polar surface area (TPSA) is 91.2 Å². The highest BCUT2D eigenvalue weighted by atomic mass is 16.3. The van der Waals surface area contributed by atoms with Crippen molar-refractivity contribution in [3.05, 3.63) is 64.2 Å². The molecule has 2 N–H and O–H groups in total. The fourth-order valence-corrected chi connectivity index (χ4v) is 5.33. The summed E-state index contributed by atoms with van der Waals surface area (Å²) in [5.74, 6) is -0.256. The molecule has 2 aromatic rings. The van der Waals surface area contributed by atoms with Crippen molar-refractivity contribution in [2.24, 2.45) is 0 Å². The van der Waals surface area contributed by atoms with Gasteiger partial charge in [0, 0.05) is 58.8 Å². The molecule has 3 heterocycles. The summed E-state index contributed by atoms with van der Waals surface area (Å²) in [7, 11) is 2.16. The van der Waals surface area contributed by atoms with E-state index in [-0.39, 0.29) is 35.4 Å². The number of piperazine rings is 1. The SMILES string of the molecule is CN1CCN(Cc2ccc3c(c2)CN(C(=O)c2cc(C(=N)CN4CCCCC4=O)ccc2O)C3)CC1. The van der Waals surface area contributed by atoms with Gasteiger partial charge in [0.25, 0.3) is 5.91 Å². The molecule has 0 spiro atoms. The van der Waals surface area contributed by atoms with E-state index in [2.05, 4.69) is 35.0 Å². The zero-order chi connectivity index (χ0) is 25.2. The van der Waals surface area contributed by atoms with Crippen molar-refractivity contribution in [3.63, 3.8) is 0 Å². The molecular weight excluding hydrogens is 454 g/mol. The number of nitrogens with one attached hydrogen (secondary N) is 1. The number of fused-ring (bicyclic) bond motifs is 1. The summed E-state index contributed by atoms with van der Waals surface area (Å²) in [6, 6.07) is 11.2. The monoisotopic (exact) mass is 489 g/mol. The normalized spacial score (nSPS) is 19.0. The van der Waals surface area contributed by atoms with Crippen LogP contribution in [0.15, 0.2) is 36.4 Å². The van der Waals surface area contributed by atoms with Crippen LogP contribution >= 0.6 is 0 Å². The van der Waals surface area contributed by atoms with Gasteiger partial charge >= 0.3 is 0 Å². The lowest BCUT2D eigenvalue weighted by Gasteiger charge is -2.32. The average Bonchev–Trinajstić information content (AvgIpc) is 3.30. The molecular formula is C28H35N5O3. The van der Waals surface area contributed by atoms with Gasteiger partial charge in [-0.25, -0.2) is 0 Å². The third-order valence-electron chi connectivity index (χ3n) is 7.63. The van der Waals surface area contributed by atoms with Crippen molar-refractivity contribution >= 4 is 17.5 Å². The minimum atomic E-state index is -0.243. The highest BCUT2D eigenvalue weighted by Gasteiger charge is 2.27. The third-order valence-corrected chi connectivity index (χ3v) is 7.63. The van der Waals surface area contributed by atoms with E-state index in [0.717, 1.165) is 56.7 Å². The largest absolute Gasteiger partial charge is 0.507 e. The van der Waals surface area contributed by atoms with Gasteiger partial charge in [-0.15, -0.1) is 0 Å². The molecule has 3 aliphatic rings. The minimum Gasteiger partial charge on any atom is -0.507 e. The highest BCUT2D eigenvalue weighted by Crippen LogP contribution is 2.29. The van der Waals surface area contributed by atoms with Gasteiger partial charge in [0.1, 0.15) is 5.75 Å². The first-order chi connectivity index (χ1) is 17.4. The fraction of sp³-hybridized carbons (Fsp3) is 0.464. The lowest BCUT2D eigenvalue weighted by molar-refractivity contribution is -0.132. The number of likely N-dealkylation sites (tertiary alicyclic amines) is 1. The number of phenolic OH excluding ortho intramolecular Hbond substituents is 1. The van der Waals surface area contributed by atoms with Crippen LogP contribution in [0.1, 0.15) is 51.9 Å². The molecule has 36 heavy (non-hydrogen) atoms. The maximum atomic E-state index is 13.4. The predicted molar refractivity (Wildman–Crippen MR) is 138 cm³/mol. The van der Waals surface area contributed by atoms with Crippen LogP contribution in [0.5, 0.6) is 5.75 Å². The molecule has 2 fully saturated rings. The fourth-order valence-electron chi connectivity index (χ4n) is 5.33. The van der Waals surface area contributed by atoms with E-state index in [1.54, 1.807) is 21.9 Å². The van der Waals surface area contributed by atoms with Gasteiger partial charge < -0.3 is 25.2 Å². The van der Waals surface area contributed by atoms with Crippen LogP contribution in [0.25, 0.3) is 0 Å². The number of aromatic hydroxyl groups is 1. The summed E-state index contributed by atoms with van der Waals surface area (Å²) < 4.78 is 0. The number of carbonyl (C=O) groups is 2. The van der Waals surface area contributed by atoms with Gasteiger partial charge in [-0.2, -0.15) is 0 Å². The molecule has 0 aromatic heterocycles. The Morgan fingerprint density at radius 3 is 2.53 bits per heavy atom. The molecule has 190 valence electrons. The van der Waals surface area contributed by atoms with Gasteiger partial charge in [0.15, 0.2) is 0 Å². The van der Waals surface area contributed by atoms with Crippen molar-refractivity contribution in [2.45, 2.75) is 38.9 Å². The van der Waals surface area contributed by atoms with Crippen LogP contribution in [0.2, 0.25) is 0 Å². The second-order valence-electron chi connectivity index (χ2n) is 10.3. The van der Waals surface area contributed by atoms with E-state index in [9.17, 15) is 14.7 Å². The summed E-state index contributed by atoms with van der Waals surface area (Å²) in [5.41, 5.74) is 4.59. The number of nitrogens with zero attached hydrogens (tertiary/aromatic N) is 4. The number of likely N-dealkylation sites (N-methyl/N-ethyl adjacent to an activating group) is 1. The molecule has 0 aliphatic carbocycles. The number of carbonyl (C=O) groups excluding carboxylic acids is 2. The van der Waals surface area contributed by atoms with Crippen LogP contribution in [0.3, 0.4) is 0 Å². The summed E-state index contributed by atoms with van der Waals surface area (Å²) in [4.78, 5) is 33.8. The van der Waals surface area contributed by atoms with E-state index >= 15 is 0 Å². The molecule has 5 rings (SSSR count). The average molecular weight is 490 g/mol. The molecule has 3 aliphatic heterocycles. The van der Waals surface area contributed by atoms with Crippen LogP contribution < -0.4 is 0 Å². The van der Waals surface area contributed by atoms with E-state index in [4.69, 9.17) is 5.41 Å². The van der Waals surface area contributed by atoms with Crippen LogP contribution in [-0.2, 0) is 24.4 Å². The molecule has 0 bridgehead atoms. The first-order valence-corrected chi connectivity index (χ1v) is 12.9. The smallest absolute Gasteiger partial charge is 0.258 e. The lowest BCUT2D eigenvalue weighted by Crippen LogP contribution is -2.43. The Balaban J connectivity index is 1.25. The van der Waals surface area contributed by atoms with E-state index in [1.165, 1.54) is 11.6 Å². The molecule has 0 atom stereocenters. The van der Waals surface area contributed by atoms with Crippen LogP contribution in [0.4, 0.5) is 0 Å². The number of hydrogen-bond acceptors (Lipinski definition) is 6. The number of amides is 2. The van der Waals surface area contributed by atoms with Crippen molar-refractivity contribution in [3.8, 4) is 5.75 Å². The zero-order valence-corrected chi connectivity index (χ0v) is 21.0. The molecule has 8 nitrogen and oxygen atoms in total. The van der Waals surface area contributed by atoms with E-state index in [1.807, 2.05) is 0 Å². The van der Waals surface area contributed by atoms with Gasteiger partial charge in [-0.1, -0.05) is 18.2 Å². The lowest BCUT2D eigenvalue weighted by atomic mass is 10.0. The standard InChI is InChI=1S/C28H35N5O3/c1-30-10-12-31(13-11-30)16-20-5-6-22-17-33(18-23(22)14-20)28(36)24-15-21(7-8-26(24)34)25(29)19-32-9-3-2-4-27(32)35/h5-8,14-15,29,34H,2-4,9-13,16-19H2,1H3. The Hall–Kier alpha value is -3.23. The van der Waals surface area contributed by atoms with Crippen molar-refractivity contribution < 1.29 is 14.7 Å².